The van der Waals surface area contributed by atoms with Crippen molar-refractivity contribution in [3.8, 4) is 11.4 Å². The molecule has 2 heterocycles. The normalized spacial score (nSPS) is 10.5. The van der Waals surface area contributed by atoms with E-state index in [1.165, 1.54) is 9.58 Å². The van der Waals surface area contributed by atoms with E-state index in [9.17, 15) is 4.79 Å². The molecule has 7 heteroatoms. The lowest BCUT2D eigenvalue weighted by Gasteiger charge is -2.17. The maximum absolute atomic E-state index is 12.3. The van der Waals surface area contributed by atoms with Gasteiger partial charge in [0.2, 0.25) is 0 Å². The zero-order valence-electron chi connectivity index (χ0n) is 12.6. The third-order valence-corrected chi connectivity index (χ3v) is 3.35. The molecular formula is C16H16N6O. The van der Waals surface area contributed by atoms with Gasteiger partial charge in [-0.1, -0.05) is 36.4 Å². The van der Waals surface area contributed by atoms with Crippen molar-refractivity contribution in [3.05, 3.63) is 65.2 Å². The van der Waals surface area contributed by atoms with E-state index in [1.54, 1.807) is 24.4 Å². The Hall–Kier alpha value is -3.06. The Labute approximate surface area is 133 Å². The Balaban J connectivity index is 2.14. The number of anilines is 2. The molecule has 0 aliphatic heterocycles. The van der Waals surface area contributed by atoms with Crippen molar-refractivity contribution < 1.29 is 0 Å². The van der Waals surface area contributed by atoms with Crippen LogP contribution in [0.2, 0.25) is 0 Å². The number of pyridine rings is 1. The van der Waals surface area contributed by atoms with Crippen molar-refractivity contribution in [2.45, 2.75) is 13.5 Å². The van der Waals surface area contributed by atoms with Crippen molar-refractivity contribution >= 4 is 11.8 Å². The van der Waals surface area contributed by atoms with E-state index in [1.807, 2.05) is 37.3 Å². The first-order valence-corrected chi connectivity index (χ1v) is 7.21. The minimum absolute atomic E-state index is 0.109. The first-order chi connectivity index (χ1) is 11.2. The van der Waals surface area contributed by atoms with Crippen LogP contribution in [0.4, 0.5) is 11.8 Å². The molecule has 2 N–H and O–H groups in total. The Bertz CT molecular complexity index is 847. The van der Waals surface area contributed by atoms with E-state index >= 15 is 0 Å². The Morgan fingerprint density at radius 1 is 1.09 bits per heavy atom. The molecule has 0 saturated carbocycles. The van der Waals surface area contributed by atoms with Gasteiger partial charge in [-0.2, -0.15) is 9.97 Å². The molecule has 1 aromatic carbocycles. The van der Waals surface area contributed by atoms with Crippen LogP contribution < -0.4 is 16.5 Å². The molecule has 0 aliphatic carbocycles. The summed E-state index contributed by atoms with van der Waals surface area (Å²) in [6, 6.07) is 14.8. The standard InChI is InChI=1S/C16H16N6O/c1-2-21-14(12-8-4-3-5-9-12)19-15(20-16(21)23)22(17)13-10-6-7-11-18-13/h3-11H,2,17H2,1H3. The van der Waals surface area contributed by atoms with Gasteiger partial charge in [0.05, 0.1) is 0 Å². The highest BCUT2D eigenvalue weighted by Gasteiger charge is 2.15. The van der Waals surface area contributed by atoms with E-state index < -0.39 is 5.69 Å². The number of nitrogens with zero attached hydrogens (tertiary/aromatic N) is 5. The molecule has 0 fully saturated rings. The smallest absolute Gasteiger partial charge is 0.276 e. The van der Waals surface area contributed by atoms with Crippen LogP contribution >= 0.6 is 0 Å². The Kier molecular flexibility index (Phi) is 4.11. The lowest BCUT2D eigenvalue weighted by atomic mass is 10.2. The van der Waals surface area contributed by atoms with Crippen molar-refractivity contribution in [2.24, 2.45) is 5.84 Å². The van der Waals surface area contributed by atoms with Gasteiger partial charge in [0, 0.05) is 18.3 Å². The summed E-state index contributed by atoms with van der Waals surface area (Å²) in [5.74, 6) is 7.11. The SMILES string of the molecule is CCn1c(-c2ccccc2)nc(N(N)c2ccccn2)nc1=O. The second-order valence-electron chi connectivity index (χ2n) is 4.80. The highest BCUT2D eigenvalue weighted by molar-refractivity contribution is 5.58. The van der Waals surface area contributed by atoms with Crippen LogP contribution in [-0.2, 0) is 6.54 Å². The van der Waals surface area contributed by atoms with E-state index in [2.05, 4.69) is 15.0 Å². The number of benzene rings is 1. The third-order valence-electron chi connectivity index (χ3n) is 3.35. The largest absolute Gasteiger partial charge is 0.352 e. The second kappa shape index (κ2) is 6.37. The van der Waals surface area contributed by atoms with Crippen LogP contribution in [-0.4, -0.2) is 19.5 Å². The summed E-state index contributed by atoms with van der Waals surface area (Å²) in [6.07, 6.45) is 1.61. The van der Waals surface area contributed by atoms with Crippen molar-refractivity contribution in [1.29, 1.82) is 0 Å². The highest BCUT2D eigenvalue weighted by Crippen LogP contribution is 2.19. The molecule has 0 saturated heterocycles. The van der Waals surface area contributed by atoms with Crippen LogP contribution in [0.25, 0.3) is 11.4 Å². The molecule has 0 aliphatic rings. The minimum Gasteiger partial charge on any atom is -0.276 e. The lowest BCUT2D eigenvalue weighted by Crippen LogP contribution is -2.33. The third kappa shape index (κ3) is 2.95. The van der Waals surface area contributed by atoms with Crippen LogP contribution in [0.15, 0.2) is 59.5 Å². The first-order valence-electron chi connectivity index (χ1n) is 7.21. The topological polar surface area (TPSA) is 89.9 Å². The molecule has 0 radical (unpaired) electrons. The number of hydrogen-bond donors (Lipinski definition) is 1. The monoisotopic (exact) mass is 308 g/mol. The number of aromatic nitrogens is 4. The molecule has 2 aromatic heterocycles. The molecule has 0 spiro atoms. The minimum atomic E-state index is -0.400. The predicted molar refractivity (Wildman–Crippen MR) is 88.0 cm³/mol. The van der Waals surface area contributed by atoms with Gasteiger partial charge < -0.3 is 0 Å². The van der Waals surface area contributed by atoms with Crippen LogP contribution in [0.3, 0.4) is 0 Å². The molecule has 116 valence electrons. The van der Waals surface area contributed by atoms with Crippen LogP contribution in [0.1, 0.15) is 6.92 Å². The average Bonchev–Trinajstić information content (AvgIpc) is 2.62. The van der Waals surface area contributed by atoms with Gasteiger partial charge in [0.25, 0.3) is 5.95 Å². The van der Waals surface area contributed by atoms with Gasteiger partial charge >= 0.3 is 5.69 Å². The van der Waals surface area contributed by atoms with Gasteiger partial charge in [-0.15, -0.1) is 0 Å². The molecule has 3 aromatic rings. The zero-order valence-corrected chi connectivity index (χ0v) is 12.6. The summed E-state index contributed by atoms with van der Waals surface area (Å²) < 4.78 is 1.51. The van der Waals surface area contributed by atoms with Crippen LogP contribution in [0, 0.1) is 0 Å². The predicted octanol–water partition coefficient (Wildman–Crippen LogP) is 1.73. The van der Waals surface area contributed by atoms with Gasteiger partial charge in [0.15, 0.2) is 0 Å². The first kappa shape index (κ1) is 14.9. The molecule has 3 rings (SSSR count). The summed E-state index contributed by atoms with van der Waals surface area (Å²) in [4.78, 5) is 24.9. The average molecular weight is 308 g/mol. The van der Waals surface area contributed by atoms with E-state index in [0.717, 1.165) is 5.56 Å². The van der Waals surface area contributed by atoms with Crippen LogP contribution in [0.5, 0.6) is 0 Å². The summed E-state index contributed by atoms with van der Waals surface area (Å²) in [7, 11) is 0. The van der Waals surface area contributed by atoms with Crippen molar-refractivity contribution in [1.82, 2.24) is 19.5 Å². The lowest BCUT2D eigenvalue weighted by molar-refractivity contribution is 0.681. The number of nitrogens with two attached hydrogens (primary N) is 1. The maximum atomic E-state index is 12.3. The molecule has 23 heavy (non-hydrogen) atoms. The zero-order chi connectivity index (χ0) is 16.2. The van der Waals surface area contributed by atoms with Crippen molar-refractivity contribution in [3.63, 3.8) is 0 Å². The van der Waals surface area contributed by atoms with Gasteiger partial charge in [-0.25, -0.2) is 20.6 Å². The summed E-state index contributed by atoms with van der Waals surface area (Å²) in [5.41, 5.74) is 0.423. The van der Waals surface area contributed by atoms with Crippen molar-refractivity contribution in [2.75, 3.05) is 5.01 Å². The molecule has 7 nitrogen and oxygen atoms in total. The van der Waals surface area contributed by atoms with Gasteiger partial charge in [-0.3, -0.25) is 4.57 Å². The molecule has 0 unspecified atom stereocenters. The van der Waals surface area contributed by atoms with Gasteiger partial charge in [0.1, 0.15) is 11.6 Å². The quantitative estimate of drug-likeness (QED) is 0.583. The fourth-order valence-corrected chi connectivity index (χ4v) is 2.22. The fourth-order valence-electron chi connectivity index (χ4n) is 2.22. The van der Waals surface area contributed by atoms with E-state index in [4.69, 9.17) is 5.84 Å². The number of hydrazine groups is 1. The molecule has 0 atom stereocenters. The van der Waals surface area contributed by atoms with E-state index in [-0.39, 0.29) is 5.95 Å². The summed E-state index contributed by atoms with van der Waals surface area (Å²) in [5, 5.41) is 1.20. The van der Waals surface area contributed by atoms with Gasteiger partial charge in [-0.05, 0) is 19.1 Å². The number of rotatable bonds is 4. The summed E-state index contributed by atoms with van der Waals surface area (Å²) >= 11 is 0. The summed E-state index contributed by atoms with van der Waals surface area (Å²) in [6.45, 7) is 2.34. The molecule has 0 bridgehead atoms. The molecule has 0 amide bonds. The number of hydrogen-bond acceptors (Lipinski definition) is 6. The maximum Gasteiger partial charge on any atom is 0.352 e. The molecular weight excluding hydrogens is 292 g/mol. The van der Waals surface area contributed by atoms with E-state index in [0.29, 0.717) is 18.2 Å². The Morgan fingerprint density at radius 2 is 1.83 bits per heavy atom. The highest BCUT2D eigenvalue weighted by atomic mass is 16.1. The second-order valence-corrected chi connectivity index (χ2v) is 4.80. The Morgan fingerprint density at radius 3 is 2.48 bits per heavy atom. The fraction of sp³-hybridized carbons (Fsp3) is 0.125.